The first kappa shape index (κ1) is 20.1. The number of carbonyl (C=O) groups excluding carboxylic acids is 1. The van der Waals surface area contributed by atoms with Crippen LogP contribution < -0.4 is 15.4 Å². The van der Waals surface area contributed by atoms with E-state index in [1.165, 1.54) is 63.8 Å². The van der Waals surface area contributed by atoms with Crippen LogP contribution >= 0.6 is 0 Å². The minimum atomic E-state index is -0.481. The van der Waals surface area contributed by atoms with Gasteiger partial charge in [0.05, 0.1) is 29.8 Å². The van der Waals surface area contributed by atoms with Crippen LogP contribution in [0, 0.1) is 33.3 Å². The Balaban J connectivity index is 1.40. The molecule has 5 rings (SSSR count). The molecule has 0 aliphatic heterocycles. The van der Waals surface area contributed by atoms with Crippen molar-refractivity contribution in [1.29, 1.82) is 0 Å². The lowest BCUT2D eigenvalue weighted by atomic mass is 9.48. The van der Waals surface area contributed by atoms with Gasteiger partial charge < -0.3 is 15.4 Å². The van der Waals surface area contributed by atoms with E-state index in [1.807, 2.05) is 6.92 Å². The lowest BCUT2D eigenvalue weighted by molar-refractivity contribution is -0.384. The summed E-state index contributed by atoms with van der Waals surface area (Å²) in [7, 11) is 1.44. The lowest BCUT2D eigenvalue weighted by Gasteiger charge is -2.59. The van der Waals surface area contributed by atoms with Crippen LogP contribution in [0.2, 0.25) is 0 Å². The number of hydrogen-bond acceptors (Lipinski definition) is 5. The van der Waals surface area contributed by atoms with Crippen molar-refractivity contribution in [3.05, 3.63) is 28.3 Å². The number of nitro groups is 1. The van der Waals surface area contributed by atoms with Crippen LogP contribution in [0.4, 0.5) is 11.4 Å². The Morgan fingerprint density at radius 2 is 1.76 bits per heavy atom. The summed E-state index contributed by atoms with van der Waals surface area (Å²) >= 11 is 0. The third-order valence-electron chi connectivity index (χ3n) is 7.55. The highest BCUT2D eigenvalue weighted by Crippen LogP contribution is 2.61. The van der Waals surface area contributed by atoms with Gasteiger partial charge in [-0.25, -0.2) is 0 Å². The second-order valence-electron chi connectivity index (χ2n) is 9.52. The molecule has 0 unspecified atom stereocenters. The number of hydrogen-bond donors (Lipinski definition) is 2. The quantitative estimate of drug-likeness (QED) is 0.529. The fourth-order valence-corrected chi connectivity index (χ4v) is 6.47. The van der Waals surface area contributed by atoms with Crippen molar-refractivity contribution in [1.82, 2.24) is 5.32 Å². The number of rotatable bonds is 7. The van der Waals surface area contributed by atoms with Gasteiger partial charge in [-0.3, -0.25) is 14.9 Å². The zero-order valence-corrected chi connectivity index (χ0v) is 17.4. The monoisotopic (exact) mass is 401 g/mol. The summed E-state index contributed by atoms with van der Waals surface area (Å²) in [6, 6.07) is 4.14. The van der Waals surface area contributed by atoms with Crippen LogP contribution in [0.1, 0.15) is 52.4 Å². The number of anilines is 1. The van der Waals surface area contributed by atoms with Gasteiger partial charge in [-0.05, 0) is 81.6 Å². The van der Waals surface area contributed by atoms with Crippen LogP contribution in [-0.2, 0) is 4.79 Å². The molecule has 2 N–H and O–H groups in total. The summed E-state index contributed by atoms with van der Waals surface area (Å²) in [5, 5.41) is 17.4. The Kier molecular flexibility index (Phi) is 5.27. The third-order valence-corrected chi connectivity index (χ3v) is 7.55. The van der Waals surface area contributed by atoms with E-state index in [9.17, 15) is 14.9 Å². The van der Waals surface area contributed by atoms with E-state index in [1.54, 1.807) is 0 Å². The molecule has 0 aromatic heterocycles. The Hall–Kier alpha value is -2.15. The van der Waals surface area contributed by atoms with Gasteiger partial charge >= 0.3 is 0 Å². The molecule has 158 valence electrons. The number of nitrogens with zero attached hydrogens (tertiary/aromatic N) is 1. The normalized spacial score (nSPS) is 31.9. The molecule has 4 aliphatic rings. The average Bonchev–Trinajstić information content (AvgIpc) is 2.66. The summed E-state index contributed by atoms with van der Waals surface area (Å²) in [6.45, 7) is 4.12. The van der Waals surface area contributed by atoms with Crippen LogP contribution in [-0.4, -0.2) is 30.0 Å². The van der Waals surface area contributed by atoms with Gasteiger partial charge in [0.25, 0.3) is 5.69 Å². The molecule has 29 heavy (non-hydrogen) atoms. The Morgan fingerprint density at radius 3 is 2.28 bits per heavy atom. The number of benzene rings is 1. The minimum absolute atomic E-state index is 0.0681. The summed E-state index contributed by atoms with van der Waals surface area (Å²) in [5.41, 5.74) is 0.703. The zero-order valence-electron chi connectivity index (χ0n) is 17.4. The fourth-order valence-electron chi connectivity index (χ4n) is 6.47. The number of non-ortho nitro benzene ring substituents is 1. The Labute approximate surface area is 171 Å². The predicted octanol–water partition coefficient (Wildman–Crippen LogP) is 4.12. The van der Waals surface area contributed by atoms with Gasteiger partial charge in [0.2, 0.25) is 5.91 Å². The van der Waals surface area contributed by atoms with E-state index in [-0.39, 0.29) is 29.4 Å². The molecule has 1 aromatic carbocycles. The summed E-state index contributed by atoms with van der Waals surface area (Å²) in [6.07, 6.45) is 8.08. The SMILES string of the molecule is COc1cc([N+](=O)[O-])ccc1NC(=O)[C@@H](C)N[C@@H](C)C12CC3CC(CC(C3)C1)C2. The smallest absolute Gasteiger partial charge is 0.273 e. The van der Waals surface area contributed by atoms with Gasteiger partial charge in [-0.15, -0.1) is 0 Å². The van der Waals surface area contributed by atoms with Gasteiger partial charge in [0, 0.05) is 12.1 Å². The van der Waals surface area contributed by atoms with Crippen molar-refractivity contribution in [2.75, 3.05) is 12.4 Å². The second-order valence-corrected chi connectivity index (χ2v) is 9.52. The minimum Gasteiger partial charge on any atom is -0.494 e. The predicted molar refractivity (Wildman–Crippen MR) is 111 cm³/mol. The van der Waals surface area contributed by atoms with E-state index in [4.69, 9.17) is 4.74 Å². The average molecular weight is 402 g/mol. The molecule has 0 heterocycles. The largest absolute Gasteiger partial charge is 0.494 e. The van der Waals surface area contributed by atoms with Crippen molar-refractivity contribution >= 4 is 17.3 Å². The highest BCUT2D eigenvalue weighted by Gasteiger charge is 2.53. The van der Waals surface area contributed by atoms with E-state index >= 15 is 0 Å². The first-order valence-corrected chi connectivity index (χ1v) is 10.7. The van der Waals surface area contributed by atoms with E-state index in [0.29, 0.717) is 11.1 Å². The maximum absolute atomic E-state index is 12.8. The van der Waals surface area contributed by atoms with Crippen molar-refractivity contribution in [3.63, 3.8) is 0 Å². The molecule has 4 aliphatic carbocycles. The molecule has 1 amide bonds. The molecule has 7 heteroatoms. The topological polar surface area (TPSA) is 93.5 Å². The van der Waals surface area contributed by atoms with Gasteiger partial charge in [-0.1, -0.05) is 0 Å². The van der Waals surface area contributed by atoms with Crippen molar-refractivity contribution in [2.45, 2.75) is 64.5 Å². The number of nitro benzene ring substituents is 1. The molecule has 0 saturated heterocycles. The third kappa shape index (κ3) is 3.84. The maximum Gasteiger partial charge on any atom is 0.273 e. The van der Waals surface area contributed by atoms with E-state index < -0.39 is 4.92 Å². The first-order chi connectivity index (χ1) is 13.8. The summed E-state index contributed by atoms with van der Waals surface area (Å²) in [4.78, 5) is 23.3. The van der Waals surface area contributed by atoms with E-state index in [0.717, 1.165) is 17.8 Å². The number of amides is 1. The van der Waals surface area contributed by atoms with Crippen LogP contribution in [0.3, 0.4) is 0 Å². The molecule has 0 radical (unpaired) electrons. The highest BCUT2D eigenvalue weighted by molar-refractivity contribution is 5.96. The molecule has 0 spiro atoms. The standard InChI is InChI=1S/C22H31N3O4/c1-13(21(26)24-19-5-4-18(25(27)28)9-20(19)29-3)23-14(2)22-10-15-6-16(11-22)8-17(7-15)12-22/h4-5,9,13-17,23H,6-8,10-12H2,1-3H3,(H,24,26)/t13-,14+,15?,16?,17?,22?/m1/s1. The fraction of sp³-hybridized carbons (Fsp3) is 0.682. The maximum atomic E-state index is 12.8. The number of nitrogens with one attached hydrogen (secondary N) is 2. The second kappa shape index (κ2) is 7.59. The van der Waals surface area contributed by atoms with Crippen molar-refractivity contribution < 1.29 is 14.5 Å². The van der Waals surface area contributed by atoms with Gasteiger partial charge in [0.15, 0.2) is 0 Å². The molecule has 7 nitrogen and oxygen atoms in total. The number of ether oxygens (including phenoxy) is 1. The van der Waals surface area contributed by atoms with Crippen LogP contribution in [0.5, 0.6) is 5.75 Å². The first-order valence-electron chi connectivity index (χ1n) is 10.7. The Bertz CT molecular complexity index is 774. The molecule has 4 fully saturated rings. The Morgan fingerprint density at radius 1 is 1.17 bits per heavy atom. The molecular formula is C22H31N3O4. The van der Waals surface area contributed by atoms with Gasteiger partial charge in [0.1, 0.15) is 5.75 Å². The molecule has 1 aromatic rings. The highest BCUT2D eigenvalue weighted by atomic mass is 16.6. The number of methoxy groups -OCH3 is 1. The summed E-state index contributed by atoms with van der Waals surface area (Å²) < 4.78 is 5.22. The molecule has 4 saturated carbocycles. The van der Waals surface area contributed by atoms with Crippen molar-refractivity contribution in [3.8, 4) is 5.75 Å². The zero-order chi connectivity index (χ0) is 20.8. The number of carbonyl (C=O) groups is 1. The van der Waals surface area contributed by atoms with E-state index in [2.05, 4.69) is 17.6 Å². The van der Waals surface area contributed by atoms with Crippen LogP contribution in [0.15, 0.2) is 18.2 Å². The molecular weight excluding hydrogens is 370 g/mol. The molecule has 2 atom stereocenters. The molecule has 4 bridgehead atoms. The summed E-state index contributed by atoms with van der Waals surface area (Å²) in [5.74, 6) is 2.75. The van der Waals surface area contributed by atoms with Crippen molar-refractivity contribution in [2.24, 2.45) is 23.2 Å². The van der Waals surface area contributed by atoms with Crippen LogP contribution in [0.25, 0.3) is 0 Å². The van der Waals surface area contributed by atoms with Gasteiger partial charge in [-0.2, -0.15) is 0 Å². The lowest BCUT2D eigenvalue weighted by Crippen LogP contribution is -2.57.